The van der Waals surface area contributed by atoms with E-state index in [1.165, 1.54) is 6.08 Å². The van der Waals surface area contributed by atoms with Gasteiger partial charge in [-0.15, -0.1) is 0 Å². The van der Waals surface area contributed by atoms with Crippen LogP contribution in [-0.4, -0.2) is 15.3 Å². The first kappa shape index (κ1) is 15.0. The van der Waals surface area contributed by atoms with Gasteiger partial charge in [0.2, 0.25) is 5.91 Å². The van der Waals surface area contributed by atoms with Crippen LogP contribution in [0.25, 0.3) is 23.2 Å². The third-order valence-electron chi connectivity index (χ3n) is 3.75. The predicted octanol–water partition coefficient (Wildman–Crippen LogP) is 4.25. The minimum Gasteiger partial charge on any atom is -0.463 e. The Hall–Kier alpha value is -3.60. The molecule has 4 rings (SSSR count). The van der Waals surface area contributed by atoms with Crippen LogP contribution in [0, 0.1) is 0 Å². The Labute approximate surface area is 144 Å². The van der Waals surface area contributed by atoms with Crippen LogP contribution in [0.15, 0.2) is 83.6 Å². The Morgan fingerprint density at radius 1 is 1.04 bits per heavy atom. The first-order chi connectivity index (χ1) is 12.3. The third kappa shape index (κ3) is 3.07. The summed E-state index contributed by atoms with van der Waals surface area (Å²) in [7, 11) is 0. The van der Waals surface area contributed by atoms with E-state index >= 15 is 0 Å². The zero-order valence-corrected chi connectivity index (χ0v) is 13.3. The number of aromatic nitrogens is 2. The number of hydrogen-bond donors (Lipinski definition) is 1. The van der Waals surface area contributed by atoms with Crippen molar-refractivity contribution >= 4 is 23.4 Å². The molecule has 0 saturated heterocycles. The van der Waals surface area contributed by atoms with Gasteiger partial charge in [0.15, 0.2) is 5.76 Å². The van der Waals surface area contributed by atoms with Gasteiger partial charge in [0.05, 0.1) is 6.26 Å². The van der Waals surface area contributed by atoms with Crippen molar-refractivity contribution in [3.05, 3.63) is 84.8 Å². The van der Waals surface area contributed by atoms with Crippen LogP contribution in [0.4, 0.5) is 5.82 Å². The second-order valence-electron chi connectivity index (χ2n) is 5.45. The molecule has 0 fully saturated rings. The molecule has 0 saturated carbocycles. The normalized spacial score (nSPS) is 11.2. The van der Waals surface area contributed by atoms with Crippen molar-refractivity contribution in [2.45, 2.75) is 0 Å². The molecule has 25 heavy (non-hydrogen) atoms. The fraction of sp³-hybridized carbons (Fsp3) is 0. The number of benzene rings is 1. The molecule has 1 aromatic carbocycles. The highest BCUT2D eigenvalue weighted by Crippen LogP contribution is 2.29. The van der Waals surface area contributed by atoms with Crippen LogP contribution in [0.1, 0.15) is 5.56 Å². The Kier molecular flexibility index (Phi) is 3.88. The van der Waals surface area contributed by atoms with Crippen molar-refractivity contribution in [1.29, 1.82) is 0 Å². The molecule has 1 amide bonds. The van der Waals surface area contributed by atoms with Crippen molar-refractivity contribution in [2.75, 3.05) is 5.32 Å². The number of nitrogens with one attached hydrogen (secondary N) is 1. The highest BCUT2D eigenvalue weighted by atomic mass is 16.3. The number of carbonyl (C=O) groups excluding carboxylic acids is 1. The van der Waals surface area contributed by atoms with Crippen LogP contribution in [-0.2, 0) is 4.79 Å². The summed E-state index contributed by atoms with van der Waals surface area (Å²) >= 11 is 0. The molecule has 0 aliphatic carbocycles. The summed E-state index contributed by atoms with van der Waals surface area (Å²) in [6, 6.07) is 18.9. The third-order valence-corrected chi connectivity index (χ3v) is 3.75. The molecule has 0 aliphatic rings. The average Bonchev–Trinajstić information content (AvgIpc) is 3.29. The van der Waals surface area contributed by atoms with Gasteiger partial charge in [0.25, 0.3) is 0 Å². The summed E-state index contributed by atoms with van der Waals surface area (Å²) < 4.78 is 7.28. The summed E-state index contributed by atoms with van der Waals surface area (Å²) in [5, 5.41) is 2.91. The summed E-state index contributed by atoms with van der Waals surface area (Å²) in [4.78, 5) is 16.9. The van der Waals surface area contributed by atoms with Crippen molar-refractivity contribution in [1.82, 2.24) is 9.38 Å². The number of furan rings is 1. The lowest BCUT2D eigenvalue weighted by Gasteiger charge is -2.04. The number of rotatable bonds is 4. The summed E-state index contributed by atoms with van der Waals surface area (Å²) in [6.07, 6.45) is 6.71. The molecule has 5 heteroatoms. The zero-order chi connectivity index (χ0) is 17.1. The van der Waals surface area contributed by atoms with E-state index in [0.29, 0.717) is 17.3 Å². The van der Waals surface area contributed by atoms with E-state index in [0.717, 1.165) is 11.2 Å². The Balaban J connectivity index is 1.67. The number of carbonyl (C=O) groups is 1. The average molecular weight is 329 g/mol. The minimum atomic E-state index is -0.234. The summed E-state index contributed by atoms with van der Waals surface area (Å²) in [5.74, 6) is 0.946. The lowest BCUT2D eigenvalue weighted by Crippen LogP contribution is -2.10. The van der Waals surface area contributed by atoms with Gasteiger partial charge >= 0.3 is 0 Å². The van der Waals surface area contributed by atoms with Crippen molar-refractivity contribution in [2.24, 2.45) is 0 Å². The molecule has 4 aromatic rings. The molecule has 0 spiro atoms. The lowest BCUT2D eigenvalue weighted by atomic mass is 10.2. The van der Waals surface area contributed by atoms with Crippen molar-refractivity contribution < 1.29 is 9.21 Å². The van der Waals surface area contributed by atoms with E-state index in [1.54, 1.807) is 18.4 Å². The number of fused-ring (bicyclic) bond motifs is 1. The molecule has 0 atom stereocenters. The number of nitrogens with zero attached hydrogens (tertiary/aromatic N) is 2. The van der Waals surface area contributed by atoms with Gasteiger partial charge in [0, 0.05) is 12.3 Å². The van der Waals surface area contributed by atoms with Gasteiger partial charge < -0.3 is 9.73 Å². The predicted molar refractivity (Wildman–Crippen MR) is 97.0 cm³/mol. The second-order valence-corrected chi connectivity index (χ2v) is 5.45. The van der Waals surface area contributed by atoms with E-state index in [1.807, 2.05) is 65.2 Å². The monoisotopic (exact) mass is 329 g/mol. The molecule has 0 unspecified atom stereocenters. The topological polar surface area (TPSA) is 59.5 Å². The molecular formula is C20H15N3O2. The Morgan fingerprint density at radius 2 is 1.88 bits per heavy atom. The fourth-order valence-electron chi connectivity index (χ4n) is 2.59. The molecule has 0 aliphatic heterocycles. The summed E-state index contributed by atoms with van der Waals surface area (Å²) in [5.41, 5.74) is 2.29. The highest BCUT2D eigenvalue weighted by molar-refractivity contribution is 6.03. The van der Waals surface area contributed by atoms with Crippen LogP contribution < -0.4 is 5.32 Å². The van der Waals surface area contributed by atoms with Gasteiger partial charge in [-0.05, 0) is 35.9 Å². The van der Waals surface area contributed by atoms with E-state index < -0.39 is 0 Å². The molecule has 1 N–H and O–H groups in total. The van der Waals surface area contributed by atoms with Gasteiger partial charge in [-0.2, -0.15) is 0 Å². The van der Waals surface area contributed by atoms with Gasteiger partial charge in [-0.25, -0.2) is 4.98 Å². The first-order valence-electron chi connectivity index (χ1n) is 7.86. The molecule has 122 valence electrons. The Bertz CT molecular complexity index is 1030. The zero-order valence-electron chi connectivity index (χ0n) is 13.3. The second kappa shape index (κ2) is 6.49. The standard InChI is InChI=1S/C20H15N3O2/c24-18(12-11-15-7-2-1-3-8-15)22-20-19(16-9-6-14-25-16)21-17-10-4-5-13-23(17)20/h1-14H,(H,22,24)/b12-11+. The van der Waals surface area contributed by atoms with Gasteiger partial charge in [-0.3, -0.25) is 9.20 Å². The van der Waals surface area contributed by atoms with Gasteiger partial charge in [0.1, 0.15) is 17.2 Å². The molecule has 3 aromatic heterocycles. The minimum absolute atomic E-state index is 0.234. The van der Waals surface area contributed by atoms with Crippen LogP contribution in [0.3, 0.4) is 0 Å². The SMILES string of the molecule is O=C(/C=C/c1ccccc1)Nc1c(-c2ccco2)nc2ccccn12. The van der Waals surface area contributed by atoms with Crippen molar-refractivity contribution in [3.8, 4) is 11.5 Å². The maximum atomic E-state index is 12.4. The fourth-order valence-corrected chi connectivity index (χ4v) is 2.59. The molecule has 5 nitrogen and oxygen atoms in total. The number of hydrogen-bond acceptors (Lipinski definition) is 3. The number of pyridine rings is 1. The quantitative estimate of drug-likeness (QED) is 0.570. The van der Waals surface area contributed by atoms with Crippen LogP contribution in [0.2, 0.25) is 0 Å². The number of amides is 1. The van der Waals surface area contributed by atoms with E-state index in [4.69, 9.17) is 4.42 Å². The molecule has 3 heterocycles. The van der Waals surface area contributed by atoms with Crippen molar-refractivity contribution in [3.63, 3.8) is 0 Å². The number of imidazole rings is 1. The first-order valence-corrected chi connectivity index (χ1v) is 7.86. The lowest BCUT2D eigenvalue weighted by molar-refractivity contribution is -0.111. The van der Waals surface area contributed by atoms with E-state index in [9.17, 15) is 4.79 Å². The largest absolute Gasteiger partial charge is 0.463 e. The summed E-state index contributed by atoms with van der Waals surface area (Å²) in [6.45, 7) is 0. The molecule has 0 radical (unpaired) electrons. The number of anilines is 1. The van der Waals surface area contributed by atoms with Crippen LogP contribution >= 0.6 is 0 Å². The van der Waals surface area contributed by atoms with Gasteiger partial charge in [-0.1, -0.05) is 36.4 Å². The maximum Gasteiger partial charge on any atom is 0.249 e. The Morgan fingerprint density at radius 3 is 2.68 bits per heavy atom. The van der Waals surface area contributed by atoms with Crippen LogP contribution in [0.5, 0.6) is 0 Å². The highest BCUT2D eigenvalue weighted by Gasteiger charge is 2.17. The van der Waals surface area contributed by atoms with E-state index in [-0.39, 0.29) is 5.91 Å². The maximum absolute atomic E-state index is 12.4. The van der Waals surface area contributed by atoms with E-state index in [2.05, 4.69) is 10.3 Å². The molecular weight excluding hydrogens is 314 g/mol. The molecule has 0 bridgehead atoms. The smallest absolute Gasteiger partial charge is 0.249 e.